The van der Waals surface area contributed by atoms with Crippen molar-refractivity contribution in [2.45, 2.75) is 184 Å². The van der Waals surface area contributed by atoms with Crippen molar-refractivity contribution in [2.75, 3.05) is 38.2 Å². The van der Waals surface area contributed by atoms with E-state index in [2.05, 4.69) is 31.9 Å². The zero-order valence-corrected chi connectivity index (χ0v) is 50.1. The van der Waals surface area contributed by atoms with Crippen LogP contribution in [-0.4, -0.2) is 198 Å². The summed E-state index contributed by atoms with van der Waals surface area (Å²) in [6.07, 6.45) is 2.99. The second-order valence-corrected chi connectivity index (χ2v) is 25.2. The van der Waals surface area contributed by atoms with Crippen LogP contribution in [0, 0.1) is 11.8 Å². The molecule has 5 fully saturated rings. The molecular weight excluding hydrogens is 1120 g/mol. The van der Waals surface area contributed by atoms with Gasteiger partial charge in [-0.3, -0.25) is 56.9 Å². The number of carboxylic acids is 1. The van der Waals surface area contributed by atoms with Crippen molar-refractivity contribution >= 4 is 75.8 Å². The first kappa shape index (κ1) is 65.1. The molecule has 0 radical (unpaired) electrons. The molecule has 5 heterocycles. The van der Waals surface area contributed by atoms with Crippen LogP contribution in [-0.2, 0) is 76.4 Å². The molecule has 0 spiro atoms. The molecule has 24 nitrogen and oxygen atoms in total. The van der Waals surface area contributed by atoms with E-state index >= 15 is 0 Å². The van der Waals surface area contributed by atoms with Gasteiger partial charge in [-0.15, -0.1) is 0 Å². The minimum absolute atomic E-state index is 0.0343. The second kappa shape index (κ2) is 30.1. The van der Waals surface area contributed by atoms with Crippen molar-refractivity contribution < 1.29 is 67.2 Å². The Hall–Kier alpha value is -7.44. The number of amides is 10. The lowest BCUT2D eigenvalue weighted by Gasteiger charge is -2.35. The summed E-state index contributed by atoms with van der Waals surface area (Å²) in [5, 5.41) is 36.6. The maximum absolute atomic E-state index is 15.0. The van der Waals surface area contributed by atoms with Crippen LogP contribution in [0.1, 0.15) is 122 Å². The van der Waals surface area contributed by atoms with Crippen LogP contribution >= 0.6 is 0 Å². The van der Waals surface area contributed by atoms with E-state index in [0.717, 1.165) is 0 Å². The Balaban J connectivity index is 1.27. The van der Waals surface area contributed by atoms with Crippen molar-refractivity contribution in [1.82, 2.24) is 51.5 Å². The number of benzene rings is 2. The fraction of sp³-hybridized carbons (Fsp3) is 0.617. The van der Waals surface area contributed by atoms with E-state index in [-0.39, 0.29) is 95.0 Å². The van der Waals surface area contributed by atoms with Gasteiger partial charge in [0, 0.05) is 68.2 Å². The van der Waals surface area contributed by atoms with E-state index in [1.54, 1.807) is 49.4 Å². The van der Waals surface area contributed by atoms with Crippen LogP contribution in [0.3, 0.4) is 0 Å². The van der Waals surface area contributed by atoms with Crippen LogP contribution in [0.2, 0.25) is 0 Å². The highest BCUT2D eigenvalue weighted by Gasteiger charge is 2.47. The van der Waals surface area contributed by atoms with Crippen molar-refractivity contribution in [2.24, 2.45) is 11.8 Å². The third kappa shape index (κ3) is 16.9. The zero-order chi connectivity index (χ0) is 61.6. The van der Waals surface area contributed by atoms with Gasteiger partial charge >= 0.3 is 5.97 Å². The quantitative estimate of drug-likeness (QED) is 0.130. The second-order valence-electron chi connectivity index (χ2n) is 23.6. The summed E-state index contributed by atoms with van der Waals surface area (Å²) >= 11 is 0. The normalized spacial score (nSPS) is 28.1. The summed E-state index contributed by atoms with van der Waals surface area (Å²) in [5.74, 6) is -9.02. The number of hydrogen-bond donors (Lipinski definition) is 8. The summed E-state index contributed by atoms with van der Waals surface area (Å²) < 4.78 is 12.6. The van der Waals surface area contributed by atoms with E-state index in [0.29, 0.717) is 43.2 Å². The van der Waals surface area contributed by atoms with E-state index in [9.17, 15) is 67.2 Å². The van der Waals surface area contributed by atoms with E-state index in [1.165, 1.54) is 38.0 Å². The summed E-state index contributed by atoms with van der Waals surface area (Å²) in [5.41, 5.74) is 1.13. The number of carbonyl (C=O) groups is 11. The van der Waals surface area contributed by atoms with Gasteiger partial charge in [-0.2, -0.15) is 0 Å². The molecule has 464 valence electrons. The van der Waals surface area contributed by atoms with Gasteiger partial charge in [0.15, 0.2) is 0 Å². The summed E-state index contributed by atoms with van der Waals surface area (Å²) in [6, 6.07) is 2.14. The molecule has 8 N–H and O–H groups in total. The highest BCUT2D eigenvalue weighted by atomic mass is 32.2. The lowest BCUT2D eigenvalue weighted by molar-refractivity contribution is -0.149. The van der Waals surface area contributed by atoms with Gasteiger partial charge in [0.05, 0.1) is 0 Å². The monoisotopic (exact) mass is 1200 g/mol. The molecule has 2 aromatic rings. The minimum Gasteiger partial charge on any atom is -0.508 e. The molecule has 2 aromatic carbocycles. The smallest absolute Gasteiger partial charge is 0.303 e. The molecule has 0 bridgehead atoms. The fourth-order valence-electron chi connectivity index (χ4n) is 12.2. The number of nitrogens with one attached hydrogen (secondary N) is 6. The summed E-state index contributed by atoms with van der Waals surface area (Å²) in [7, 11) is -1.46. The van der Waals surface area contributed by atoms with Crippen molar-refractivity contribution in [3.05, 3.63) is 65.7 Å². The number of phenols is 1. The first-order valence-corrected chi connectivity index (χ1v) is 31.7. The predicted molar refractivity (Wildman–Crippen MR) is 312 cm³/mol. The van der Waals surface area contributed by atoms with Gasteiger partial charge in [0.2, 0.25) is 59.1 Å². The average Bonchev–Trinajstić information content (AvgIpc) is 3.41. The number of phenolic OH excluding ortho intramolecular Hbond substituents is 1. The minimum atomic E-state index is -1.57. The third-order valence-electron chi connectivity index (χ3n) is 16.9. The number of rotatable bonds is 14. The van der Waals surface area contributed by atoms with Gasteiger partial charge in [-0.05, 0) is 106 Å². The van der Waals surface area contributed by atoms with Crippen LogP contribution in [0.5, 0.6) is 5.75 Å². The van der Waals surface area contributed by atoms with Gasteiger partial charge < -0.3 is 61.7 Å². The average molecular weight is 1200 g/mol. The Bertz CT molecular complexity index is 2810. The van der Waals surface area contributed by atoms with E-state index in [1.807, 2.05) is 20.8 Å². The zero-order valence-electron chi connectivity index (χ0n) is 49.3. The molecule has 5 saturated heterocycles. The molecule has 0 unspecified atom stereocenters. The largest absolute Gasteiger partial charge is 0.508 e. The van der Waals surface area contributed by atoms with Crippen LogP contribution in [0.15, 0.2) is 54.6 Å². The van der Waals surface area contributed by atoms with E-state index < -0.39 is 155 Å². The van der Waals surface area contributed by atoms with Crippen LogP contribution in [0.4, 0.5) is 0 Å². The Morgan fingerprint density at radius 1 is 0.529 bits per heavy atom. The Kier molecular flexibility index (Phi) is 23.0. The van der Waals surface area contributed by atoms with Crippen molar-refractivity contribution in [1.29, 1.82) is 0 Å². The molecule has 5 aliphatic heterocycles. The molecule has 7 rings (SSSR count). The Morgan fingerprint density at radius 2 is 0.941 bits per heavy atom. The number of carboxylic acid groups (broad SMARTS) is 1. The number of fused-ring (bicyclic) bond motifs is 4. The lowest BCUT2D eigenvalue weighted by Crippen LogP contribution is -2.62. The molecule has 85 heavy (non-hydrogen) atoms. The number of carbonyl (C=O) groups excluding carboxylic acids is 10. The number of hydrogen-bond acceptors (Lipinski definition) is 13. The maximum Gasteiger partial charge on any atom is 0.303 e. The molecular formula is C60H84N10O14S. The number of aliphatic carboxylic acids is 1. The SMILES string of the molecule is CC[C@H](C)[C@@H]1NC(=O)[C@H](Cc2ccc(O)cc2)NC(=O)[C@@H]2CCCN2C(=O)[C@@H]2CCCN2C(=O)[C@H](CC(C)C)NC(=O)[C@H](CCC(=O)O)NC(=O)[C@H](Cc2ccccc2)NC(=O)[C@H](CC[S@@](C)=O)NC(=O)[C@@H]2CCCN2C(=O)[C@@H]2CCCN2C1=O. The maximum atomic E-state index is 15.0. The third-order valence-corrected chi connectivity index (χ3v) is 17.8. The molecule has 10 amide bonds. The topological polar surface area (TPSA) is 330 Å². The van der Waals surface area contributed by atoms with Gasteiger partial charge in [-0.25, -0.2) is 0 Å². The van der Waals surface area contributed by atoms with Gasteiger partial charge in [-0.1, -0.05) is 76.6 Å². The molecule has 0 aromatic heterocycles. The van der Waals surface area contributed by atoms with Crippen molar-refractivity contribution in [3.8, 4) is 5.75 Å². The van der Waals surface area contributed by atoms with Crippen LogP contribution in [0.25, 0.3) is 0 Å². The number of aromatic hydroxyl groups is 1. The molecule has 12 atom stereocenters. The predicted octanol–water partition coefficient (Wildman–Crippen LogP) is 0.789. The van der Waals surface area contributed by atoms with Crippen molar-refractivity contribution in [3.63, 3.8) is 0 Å². The lowest BCUT2D eigenvalue weighted by atomic mass is 9.96. The molecule has 5 aliphatic rings. The first-order valence-electron chi connectivity index (χ1n) is 29.9. The van der Waals surface area contributed by atoms with Gasteiger partial charge in [0.25, 0.3) is 0 Å². The summed E-state index contributed by atoms with van der Waals surface area (Å²) in [6.45, 7) is 7.83. The number of nitrogens with zero attached hydrogens (tertiary/aromatic N) is 4. The standard InChI is InChI=1S/C60H84N10O14S/c1-6-36(4)50-60(83)70-30-13-19-48(70)59(82)67-27-10-16-45(67)55(78)62-41(26-31-85(5)84)52(75)63-42(33-37-14-8-7-9-15-37)53(76)61-40(24-25-49(72)73)51(74)65-44(32-35(2)3)57(80)69-29-12-18-47(69)58(81)68-28-11-17-46(68)56(79)64-43(54(77)66-50)34-38-20-22-39(71)23-21-38/h7-9,14-15,20-23,35-36,40-48,50,71H,6,10-13,16-19,24-34H2,1-5H3,(H,61,76)(H,62,78)(H,63,75)(H,64,79)(H,65,74)(H,66,77)(H,72,73)/t36-,40-,41-,42-,43-,44-,45-,46-,47-,48-,50-,85+/m0/s1. The highest BCUT2D eigenvalue weighted by molar-refractivity contribution is 7.84. The Morgan fingerprint density at radius 3 is 1.44 bits per heavy atom. The molecule has 0 saturated carbocycles. The summed E-state index contributed by atoms with van der Waals surface area (Å²) in [4.78, 5) is 165. The molecule has 25 heteroatoms. The molecule has 0 aliphatic carbocycles. The highest BCUT2D eigenvalue weighted by Crippen LogP contribution is 2.29. The van der Waals surface area contributed by atoms with Crippen LogP contribution < -0.4 is 31.9 Å². The van der Waals surface area contributed by atoms with Gasteiger partial charge in [0.1, 0.15) is 66.2 Å². The first-order chi connectivity index (χ1) is 40.5. The van der Waals surface area contributed by atoms with E-state index in [4.69, 9.17) is 0 Å². The fourth-order valence-corrected chi connectivity index (χ4v) is 12.7. The Labute approximate surface area is 498 Å².